The van der Waals surface area contributed by atoms with E-state index in [1.807, 2.05) is 18.2 Å². The first kappa shape index (κ1) is 17.0. The average Bonchev–Trinajstić information content (AvgIpc) is 2.64. The fourth-order valence-corrected chi connectivity index (χ4v) is 3.43. The van der Waals surface area contributed by atoms with Gasteiger partial charge >= 0.3 is 0 Å². The van der Waals surface area contributed by atoms with Crippen LogP contribution in [0.5, 0.6) is 5.75 Å². The molecule has 128 valence electrons. The molecule has 2 aromatic carbocycles. The Morgan fingerprint density at radius 2 is 1.96 bits per heavy atom. The van der Waals surface area contributed by atoms with E-state index >= 15 is 0 Å². The Hall–Kier alpha value is -1.84. The van der Waals surface area contributed by atoms with Crippen LogP contribution in [-0.4, -0.2) is 24.4 Å². The van der Waals surface area contributed by atoms with E-state index in [0.717, 1.165) is 25.0 Å². The van der Waals surface area contributed by atoms with Gasteiger partial charge in [-0.3, -0.25) is 0 Å². The highest BCUT2D eigenvalue weighted by atomic mass is 16.5. The zero-order valence-corrected chi connectivity index (χ0v) is 14.4. The lowest BCUT2D eigenvalue weighted by Gasteiger charge is -2.27. The van der Waals surface area contributed by atoms with Gasteiger partial charge in [0.1, 0.15) is 18.5 Å². The smallest absolute Gasteiger partial charge is 0.122 e. The molecule has 3 rings (SSSR count). The van der Waals surface area contributed by atoms with E-state index < -0.39 is 6.10 Å². The molecule has 2 aromatic rings. The molecule has 0 spiro atoms. The Morgan fingerprint density at radius 1 is 1.17 bits per heavy atom. The third-order valence-electron chi connectivity index (χ3n) is 4.75. The fourth-order valence-electron chi connectivity index (χ4n) is 3.43. The second-order valence-electron chi connectivity index (χ2n) is 6.48. The van der Waals surface area contributed by atoms with Gasteiger partial charge < -0.3 is 15.2 Å². The number of nitrogens with one attached hydrogen (secondary N) is 1. The average molecular weight is 325 g/mol. The van der Waals surface area contributed by atoms with E-state index in [2.05, 4.69) is 42.6 Å². The quantitative estimate of drug-likeness (QED) is 0.816. The number of ether oxygens (including phenoxy) is 1. The Labute approximate surface area is 144 Å². The van der Waals surface area contributed by atoms with Crippen molar-refractivity contribution in [2.75, 3.05) is 13.2 Å². The highest BCUT2D eigenvalue weighted by molar-refractivity contribution is 5.33. The van der Waals surface area contributed by atoms with Crippen molar-refractivity contribution in [2.45, 2.75) is 44.8 Å². The molecule has 0 bridgehead atoms. The summed E-state index contributed by atoms with van der Waals surface area (Å²) in [5, 5.41) is 13.8. The summed E-state index contributed by atoms with van der Waals surface area (Å²) in [4.78, 5) is 0. The van der Waals surface area contributed by atoms with Crippen LogP contribution in [0.15, 0.2) is 48.5 Å². The van der Waals surface area contributed by atoms with Gasteiger partial charge in [0.15, 0.2) is 0 Å². The maximum Gasteiger partial charge on any atom is 0.122 e. The normalized spacial score (nSPS) is 18.0. The first-order valence-electron chi connectivity index (χ1n) is 8.98. The van der Waals surface area contributed by atoms with Crippen molar-refractivity contribution in [3.8, 4) is 5.75 Å². The van der Waals surface area contributed by atoms with Crippen LogP contribution in [0.2, 0.25) is 0 Å². The van der Waals surface area contributed by atoms with Gasteiger partial charge in [-0.15, -0.1) is 0 Å². The molecule has 24 heavy (non-hydrogen) atoms. The summed E-state index contributed by atoms with van der Waals surface area (Å²) in [6.07, 6.45) is 3.91. The maximum atomic E-state index is 10.3. The fraction of sp³-hybridized carbons (Fsp3) is 0.429. The molecule has 2 N–H and O–H groups in total. The van der Waals surface area contributed by atoms with Crippen LogP contribution in [0.25, 0.3) is 0 Å². The lowest BCUT2D eigenvalue weighted by atomic mass is 9.88. The van der Waals surface area contributed by atoms with E-state index in [1.54, 1.807) is 0 Å². The molecule has 0 saturated carbocycles. The Morgan fingerprint density at radius 3 is 2.83 bits per heavy atom. The molecule has 2 atom stereocenters. The highest BCUT2D eigenvalue weighted by Crippen LogP contribution is 2.29. The van der Waals surface area contributed by atoms with Gasteiger partial charge in [0.2, 0.25) is 0 Å². The molecule has 1 aliphatic rings. The summed E-state index contributed by atoms with van der Waals surface area (Å²) in [6, 6.07) is 17.0. The minimum atomic E-state index is -0.510. The summed E-state index contributed by atoms with van der Waals surface area (Å²) in [5.41, 5.74) is 4.00. The molecule has 0 saturated heterocycles. The van der Waals surface area contributed by atoms with Crippen LogP contribution in [0, 0.1) is 0 Å². The van der Waals surface area contributed by atoms with E-state index in [-0.39, 0.29) is 0 Å². The first-order valence-corrected chi connectivity index (χ1v) is 8.98. The minimum absolute atomic E-state index is 0.318. The van der Waals surface area contributed by atoms with Crippen LogP contribution in [0.3, 0.4) is 0 Å². The second-order valence-corrected chi connectivity index (χ2v) is 6.48. The van der Waals surface area contributed by atoms with Crippen LogP contribution in [-0.2, 0) is 12.8 Å². The molecule has 0 fully saturated rings. The number of aryl methyl sites for hydroxylation is 2. The third-order valence-corrected chi connectivity index (χ3v) is 4.75. The Balaban J connectivity index is 1.50. The van der Waals surface area contributed by atoms with Gasteiger partial charge in [-0.05, 0) is 48.4 Å². The number of aliphatic hydroxyl groups is 1. The lowest BCUT2D eigenvalue weighted by molar-refractivity contribution is 0.102. The topological polar surface area (TPSA) is 41.5 Å². The zero-order chi connectivity index (χ0) is 16.8. The van der Waals surface area contributed by atoms with E-state index in [4.69, 9.17) is 4.74 Å². The zero-order valence-electron chi connectivity index (χ0n) is 14.4. The largest absolute Gasteiger partial charge is 0.491 e. The highest BCUT2D eigenvalue weighted by Gasteiger charge is 2.20. The van der Waals surface area contributed by atoms with E-state index in [1.165, 1.54) is 23.1 Å². The number of para-hydroxylation sites is 1. The number of benzene rings is 2. The van der Waals surface area contributed by atoms with Crippen LogP contribution < -0.4 is 10.1 Å². The van der Waals surface area contributed by atoms with Gasteiger partial charge in [-0.2, -0.15) is 0 Å². The molecule has 0 heterocycles. The Bertz CT molecular complexity index is 656. The predicted octanol–water partition coefficient (Wildman–Crippen LogP) is 3.66. The number of rotatable bonds is 7. The van der Waals surface area contributed by atoms with Crippen LogP contribution >= 0.6 is 0 Å². The molecule has 0 aromatic heterocycles. The second kappa shape index (κ2) is 8.32. The summed E-state index contributed by atoms with van der Waals surface area (Å²) in [5.74, 6) is 0.877. The minimum Gasteiger partial charge on any atom is -0.491 e. The molecule has 0 unspecified atom stereocenters. The van der Waals surface area contributed by atoms with Crippen molar-refractivity contribution in [3.63, 3.8) is 0 Å². The van der Waals surface area contributed by atoms with Crippen LogP contribution in [0.1, 0.15) is 42.5 Å². The summed E-state index contributed by atoms with van der Waals surface area (Å²) < 4.78 is 5.81. The lowest BCUT2D eigenvalue weighted by Crippen LogP contribution is -2.35. The number of aliphatic hydroxyl groups excluding tert-OH is 1. The van der Waals surface area contributed by atoms with Crippen molar-refractivity contribution in [2.24, 2.45) is 0 Å². The summed E-state index contributed by atoms with van der Waals surface area (Å²) in [7, 11) is 0. The summed E-state index contributed by atoms with van der Waals surface area (Å²) >= 11 is 0. The molecular formula is C21H27NO2. The molecule has 3 nitrogen and oxygen atoms in total. The monoisotopic (exact) mass is 325 g/mol. The molecule has 0 amide bonds. The van der Waals surface area contributed by atoms with Crippen LogP contribution in [0.4, 0.5) is 0 Å². The molecule has 3 heteroatoms. The summed E-state index contributed by atoms with van der Waals surface area (Å²) in [6.45, 7) is 2.98. The van der Waals surface area contributed by atoms with Gasteiger partial charge in [0.05, 0.1) is 0 Å². The molecular weight excluding hydrogens is 298 g/mol. The van der Waals surface area contributed by atoms with Gasteiger partial charge in [0, 0.05) is 12.6 Å². The van der Waals surface area contributed by atoms with Gasteiger partial charge in [-0.25, -0.2) is 0 Å². The van der Waals surface area contributed by atoms with Crippen molar-refractivity contribution in [3.05, 3.63) is 65.2 Å². The third kappa shape index (κ3) is 4.16. The Kier molecular flexibility index (Phi) is 5.89. The van der Waals surface area contributed by atoms with Crippen molar-refractivity contribution >= 4 is 0 Å². The number of fused-ring (bicyclic) bond motifs is 1. The SMILES string of the molecule is CCc1ccccc1OC[C@@H](O)CN[C@@H]1CCCc2ccccc21. The van der Waals surface area contributed by atoms with E-state index in [0.29, 0.717) is 19.2 Å². The molecule has 0 radical (unpaired) electrons. The van der Waals surface area contributed by atoms with Crippen molar-refractivity contribution in [1.29, 1.82) is 0 Å². The van der Waals surface area contributed by atoms with Crippen molar-refractivity contribution in [1.82, 2.24) is 5.32 Å². The first-order chi connectivity index (χ1) is 11.8. The standard InChI is InChI=1S/C21H27NO2/c1-2-16-8-4-6-13-21(16)24-15-18(23)14-22-20-12-7-10-17-9-3-5-11-19(17)20/h3-6,8-9,11,13,18,20,22-23H,2,7,10,12,14-15H2,1H3/t18-,20+/m0/s1. The molecule has 1 aliphatic carbocycles. The van der Waals surface area contributed by atoms with E-state index in [9.17, 15) is 5.11 Å². The van der Waals surface area contributed by atoms with Gasteiger partial charge in [0.25, 0.3) is 0 Å². The predicted molar refractivity (Wildman–Crippen MR) is 97.4 cm³/mol. The number of hydrogen-bond donors (Lipinski definition) is 2. The molecule has 0 aliphatic heterocycles. The number of hydrogen-bond acceptors (Lipinski definition) is 3. The van der Waals surface area contributed by atoms with Gasteiger partial charge in [-0.1, -0.05) is 49.4 Å². The van der Waals surface area contributed by atoms with Crippen molar-refractivity contribution < 1.29 is 9.84 Å². The maximum absolute atomic E-state index is 10.3.